The molecule has 0 aliphatic carbocycles. The van der Waals surface area contributed by atoms with Crippen molar-refractivity contribution in [2.24, 2.45) is 0 Å². The van der Waals surface area contributed by atoms with Crippen molar-refractivity contribution in [3.63, 3.8) is 0 Å². The number of nitrogens with zero attached hydrogens (tertiary/aromatic N) is 1. The Morgan fingerprint density at radius 1 is 1.09 bits per heavy atom. The number of carbonyl (C=O) groups excluding carboxylic acids is 1. The highest BCUT2D eigenvalue weighted by atomic mass is 16.2. The first-order chi connectivity index (χ1) is 10.8. The summed E-state index contributed by atoms with van der Waals surface area (Å²) in [4.78, 5) is 14.5. The zero-order chi connectivity index (χ0) is 15.4. The van der Waals surface area contributed by atoms with E-state index in [1.807, 2.05) is 47.4 Å². The molecule has 0 bridgehead atoms. The summed E-state index contributed by atoms with van der Waals surface area (Å²) >= 11 is 0. The molecule has 1 heterocycles. The van der Waals surface area contributed by atoms with Crippen molar-refractivity contribution in [2.75, 3.05) is 6.54 Å². The van der Waals surface area contributed by atoms with Crippen LogP contribution in [-0.2, 0) is 4.79 Å². The SMILES string of the molecule is Cc1ccccc1C=CC(=O)N1CCCC1c1ccccc1. The minimum atomic E-state index is 0.106. The Morgan fingerprint density at radius 3 is 2.59 bits per heavy atom. The lowest BCUT2D eigenvalue weighted by molar-refractivity contribution is -0.126. The first kappa shape index (κ1) is 14.6. The van der Waals surface area contributed by atoms with Crippen LogP contribution >= 0.6 is 0 Å². The molecule has 112 valence electrons. The summed E-state index contributed by atoms with van der Waals surface area (Å²) < 4.78 is 0. The van der Waals surface area contributed by atoms with Crippen LogP contribution in [0.3, 0.4) is 0 Å². The number of likely N-dealkylation sites (tertiary alicyclic amines) is 1. The summed E-state index contributed by atoms with van der Waals surface area (Å²) in [5, 5.41) is 0. The molecule has 1 amide bonds. The van der Waals surface area contributed by atoms with Gasteiger partial charge in [-0.15, -0.1) is 0 Å². The van der Waals surface area contributed by atoms with Gasteiger partial charge in [-0.25, -0.2) is 0 Å². The first-order valence-electron chi connectivity index (χ1n) is 7.85. The predicted octanol–water partition coefficient (Wildman–Crippen LogP) is 4.37. The highest BCUT2D eigenvalue weighted by Gasteiger charge is 2.28. The average Bonchev–Trinajstić information content (AvgIpc) is 3.04. The van der Waals surface area contributed by atoms with Crippen LogP contribution in [0.2, 0.25) is 0 Å². The van der Waals surface area contributed by atoms with Crippen LogP contribution in [0.1, 0.15) is 35.6 Å². The summed E-state index contributed by atoms with van der Waals surface area (Å²) in [6.45, 7) is 2.91. The molecule has 2 aromatic carbocycles. The van der Waals surface area contributed by atoms with Gasteiger partial charge in [0.25, 0.3) is 0 Å². The summed E-state index contributed by atoms with van der Waals surface area (Å²) in [7, 11) is 0. The van der Waals surface area contributed by atoms with Gasteiger partial charge in [-0.1, -0.05) is 54.6 Å². The van der Waals surface area contributed by atoms with Crippen molar-refractivity contribution in [3.05, 3.63) is 77.4 Å². The highest BCUT2D eigenvalue weighted by Crippen LogP contribution is 2.31. The number of benzene rings is 2. The number of hydrogen-bond donors (Lipinski definition) is 0. The molecule has 0 aromatic heterocycles. The zero-order valence-corrected chi connectivity index (χ0v) is 12.9. The van der Waals surface area contributed by atoms with E-state index in [9.17, 15) is 4.79 Å². The molecular formula is C20H21NO. The van der Waals surface area contributed by atoms with Gasteiger partial charge in [0.15, 0.2) is 0 Å². The molecule has 0 N–H and O–H groups in total. The van der Waals surface area contributed by atoms with Crippen molar-refractivity contribution in [1.82, 2.24) is 4.90 Å². The molecule has 0 radical (unpaired) electrons. The Morgan fingerprint density at radius 2 is 1.82 bits per heavy atom. The Balaban J connectivity index is 1.76. The Labute approximate surface area is 132 Å². The van der Waals surface area contributed by atoms with E-state index >= 15 is 0 Å². The molecular weight excluding hydrogens is 270 g/mol. The Bertz CT molecular complexity index is 675. The quantitative estimate of drug-likeness (QED) is 0.769. The van der Waals surface area contributed by atoms with Gasteiger partial charge in [-0.3, -0.25) is 4.79 Å². The maximum atomic E-state index is 12.6. The second-order valence-corrected chi connectivity index (χ2v) is 5.79. The molecule has 1 unspecified atom stereocenters. The minimum absolute atomic E-state index is 0.106. The van der Waals surface area contributed by atoms with Crippen LogP contribution in [0.4, 0.5) is 0 Å². The van der Waals surface area contributed by atoms with Crippen LogP contribution in [-0.4, -0.2) is 17.4 Å². The van der Waals surface area contributed by atoms with E-state index in [1.165, 1.54) is 11.1 Å². The van der Waals surface area contributed by atoms with Crippen LogP contribution < -0.4 is 0 Å². The second-order valence-electron chi connectivity index (χ2n) is 5.79. The second kappa shape index (κ2) is 6.61. The molecule has 2 nitrogen and oxygen atoms in total. The summed E-state index contributed by atoms with van der Waals surface area (Å²) in [6, 6.07) is 18.7. The maximum Gasteiger partial charge on any atom is 0.247 e. The molecule has 1 aliphatic heterocycles. The van der Waals surface area contributed by atoms with E-state index in [0.29, 0.717) is 0 Å². The number of aryl methyl sites for hydroxylation is 1. The summed E-state index contributed by atoms with van der Waals surface area (Å²) in [5.41, 5.74) is 3.52. The van der Waals surface area contributed by atoms with E-state index < -0.39 is 0 Å². The van der Waals surface area contributed by atoms with Crippen molar-refractivity contribution in [3.8, 4) is 0 Å². The predicted molar refractivity (Wildman–Crippen MR) is 90.3 cm³/mol. The molecule has 1 aliphatic rings. The van der Waals surface area contributed by atoms with Gasteiger partial charge in [0.05, 0.1) is 6.04 Å². The third kappa shape index (κ3) is 3.11. The molecule has 1 fully saturated rings. The lowest BCUT2D eigenvalue weighted by Gasteiger charge is -2.23. The number of carbonyl (C=O) groups is 1. The van der Waals surface area contributed by atoms with E-state index in [1.54, 1.807) is 6.08 Å². The molecule has 1 saturated heterocycles. The number of rotatable bonds is 3. The maximum absolute atomic E-state index is 12.6. The van der Waals surface area contributed by atoms with Crippen molar-refractivity contribution >= 4 is 12.0 Å². The standard InChI is InChI=1S/C20H21NO/c1-16-8-5-6-9-17(16)13-14-20(22)21-15-7-12-19(21)18-10-3-2-4-11-18/h2-6,8-11,13-14,19H,7,12,15H2,1H3. The van der Waals surface area contributed by atoms with E-state index in [4.69, 9.17) is 0 Å². The fourth-order valence-corrected chi connectivity index (χ4v) is 3.08. The largest absolute Gasteiger partial charge is 0.332 e. The van der Waals surface area contributed by atoms with E-state index in [-0.39, 0.29) is 11.9 Å². The van der Waals surface area contributed by atoms with Crippen molar-refractivity contribution in [2.45, 2.75) is 25.8 Å². The van der Waals surface area contributed by atoms with E-state index in [0.717, 1.165) is 24.9 Å². The summed E-state index contributed by atoms with van der Waals surface area (Å²) in [5.74, 6) is 0.106. The van der Waals surface area contributed by atoms with Crippen LogP contribution in [0.25, 0.3) is 6.08 Å². The third-order valence-electron chi connectivity index (χ3n) is 4.31. The van der Waals surface area contributed by atoms with Gasteiger partial charge in [0.2, 0.25) is 5.91 Å². The fourth-order valence-electron chi connectivity index (χ4n) is 3.08. The van der Waals surface area contributed by atoms with Gasteiger partial charge in [0, 0.05) is 12.6 Å². The van der Waals surface area contributed by atoms with Crippen molar-refractivity contribution < 1.29 is 4.79 Å². The first-order valence-corrected chi connectivity index (χ1v) is 7.85. The molecule has 1 atom stereocenters. The Hall–Kier alpha value is -2.35. The Kier molecular flexibility index (Phi) is 4.38. The summed E-state index contributed by atoms with van der Waals surface area (Å²) in [6.07, 6.45) is 5.76. The van der Waals surface area contributed by atoms with Gasteiger partial charge in [0.1, 0.15) is 0 Å². The smallest absolute Gasteiger partial charge is 0.247 e. The van der Waals surface area contributed by atoms with Crippen molar-refractivity contribution in [1.29, 1.82) is 0 Å². The lowest BCUT2D eigenvalue weighted by Crippen LogP contribution is -2.28. The highest BCUT2D eigenvalue weighted by molar-refractivity contribution is 5.92. The van der Waals surface area contributed by atoms with Crippen LogP contribution in [0.15, 0.2) is 60.7 Å². The lowest BCUT2D eigenvalue weighted by atomic mass is 10.0. The minimum Gasteiger partial charge on any atom is -0.332 e. The van der Waals surface area contributed by atoms with Gasteiger partial charge in [-0.05, 0) is 42.5 Å². The number of amides is 1. The van der Waals surface area contributed by atoms with Gasteiger partial charge >= 0.3 is 0 Å². The number of hydrogen-bond acceptors (Lipinski definition) is 1. The molecule has 3 rings (SSSR count). The normalized spacial score (nSPS) is 18.0. The van der Waals surface area contributed by atoms with Crippen LogP contribution in [0, 0.1) is 6.92 Å². The topological polar surface area (TPSA) is 20.3 Å². The molecule has 2 heteroatoms. The third-order valence-corrected chi connectivity index (χ3v) is 4.31. The molecule has 22 heavy (non-hydrogen) atoms. The van der Waals surface area contributed by atoms with E-state index in [2.05, 4.69) is 25.1 Å². The molecule has 0 spiro atoms. The molecule has 2 aromatic rings. The molecule has 0 saturated carbocycles. The van der Waals surface area contributed by atoms with Gasteiger partial charge < -0.3 is 4.90 Å². The zero-order valence-electron chi connectivity index (χ0n) is 12.9. The van der Waals surface area contributed by atoms with Crippen LogP contribution in [0.5, 0.6) is 0 Å². The monoisotopic (exact) mass is 291 g/mol. The average molecular weight is 291 g/mol. The fraction of sp³-hybridized carbons (Fsp3) is 0.250. The van der Waals surface area contributed by atoms with Gasteiger partial charge in [-0.2, -0.15) is 0 Å².